The van der Waals surface area contributed by atoms with Gasteiger partial charge in [-0.15, -0.1) is 0 Å². The van der Waals surface area contributed by atoms with E-state index < -0.39 is 0 Å². The van der Waals surface area contributed by atoms with Crippen LogP contribution in [0, 0.1) is 6.92 Å². The SMILES string of the molecule is C=CC(=Nc1nc(NC(=O)NC(C)CCCc2ccccc2)ccc1C)c1cccnc1OC. The van der Waals surface area contributed by atoms with Crippen LogP contribution in [-0.2, 0) is 6.42 Å². The minimum Gasteiger partial charge on any atom is -0.481 e. The van der Waals surface area contributed by atoms with Gasteiger partial charge in [-0.05, 0) is 68.5 Å². The van der Waals surface area contributed by atoms with Crippen molar-refractivity contribution in [3.05, 3.63) is 90.1 Å². The van der Waals surface area contributed by atoms with Gasteiger partial charge in [0.25, 0.3) is 0 Å². The second-order valence-corrected chi connectivity index (χ2v) is 7.98. The molecule has 0 aliphatic carbocycles. The molecule has 2 heterocycles. The number of carbonyl (C=O) groups excluding carboxylic acids is 1. The molecule has 3 aromatic rings. The Morgan fingerprint density at radius 2 is 1.97 bits per heavy atom. The van der Waals surface area contributed by atoms with Gasteiger partial charge >= 0.3 is 6.03 Å². The molecule has 7 nitrogen and oxygen atoms in total. The van der Waals surface area contributed by atoms with Gasteiger partial charge in [0.2, 0.25) is 5.88 Å². The van der Waals surface area contributed by atoms with E-state index in [2.05, 4.69) is 44.3 Å². The molecule has 34 heavy (non-hydrogen) atoms. The molecule has 7 heteroatoms. The Hall–Kier alpha value is -4.00. The van der Waals surface area contributed by atoms with E-state index in [1.807, 2.05) is 44.2 Å². The van der Waals surface area contributed by atoms with E-state index in [0.717, 1.165) is 24.8 Å². The van der Waals surface area contributed by atoms with Crippen molar-refractivity contribution >= 4 is 23.4 Å². The van der Waals surface area contributed by atoms with Crippen LogP contribution >= 0.6 is 0 Å². The zero-order valence-electron chi connectivity index (χ0n) is 19.9. The summed E-state index contributed by atoms with van der Waals surface area (Å²) < 4.78 is 5.34. The van der Waals surface area contributed by atoms with Crippen molar-refractivity contribution < 1.29 is 9.53 Å². The first kappa shape index (κ1) is 24.6. The van der Waals surface area contributed by atoms with E-state index in [4.69, 9.17) is 4.74 Å². The minimum atomic E-state index is -0.295. The summed E-state index contributed by atoms with van der Waals surface area (Å²) in [6.07, 6.45) is 6.15. The average Bonchev–Trinajstić information content (AvgIpc) is 2.85. The molecule has 0 saturated heterocycles. The zero-order valence-corrected chi connectivity index (χ0v) is 19.9. The molecule has 0 fully saturated rings. The normalized spacial score (nSPS) is 12.0. The van der Waals surface area contributed by atoms with Crippen LogP contribution in [0.25, 0.3) is 0 Å². The summed E-state index contributed by atoms with van der Waals surface area (Å²) in [4.78, 5) is 25.9. The highest BCUT2D eigenvalue weighted by molar-refractivity contribution is 6.11. The molecule has 0 radical (unpaired) electrons. The van der Waals surface area contributed by atoms with Gasteiger partial charge in [0.05, 0.1) is 18.4 Å². The maximum absolute atomic E-state index is 12.5. The van der Waals surface area contributed by atoms with Crippen LogP contribution < -0.4 is 15.4 Å². The molecule has 0 bridgehead atoms. The highest BCUT2D eigenvalue weighted by atomic mass is 16.5. The summed E-state index contributed by atoms with van der Waals surface area (Å²) in [5.41, 5.74) is 3.46. The molecule has 2 aromatic heterocycles. The number of ether oxygens (including phenoxy) is 1. The van der Waals surface area contributed by atoms with Gasteiger partial charge in [0.15, 0.2) is 5.82 Å². The smallest absolute Gasteiger partial charge is 0.320 e. The van der Waals surface area contributed by atoms with E-state index in [0.29, 0.717) is 28.8 Å². The molecule has 0 aliphatic heterocycles. The maximum Gasteiger partial charge on any atom is 0.320 e. The number of aromatic nitrogens is 2. The van der Waals surface area contributed by atoms with Crippen molar-refractivity contribution in [2.24, 2.45) is 4.99 Å². The topological polar surface area (TPSA) is 88.5 Å². The summed E-state index contributed by atoms with van der Waals surface area (Å²) in [7, 11) is 1.56. The lowest BCUT2D eigenvalue weighted by Crippen LogP contribution is -2.36. The fourth-order valence-electron chi connectivity index (χ4n) is 3.48. The number of benzene rings is 1. The van der Waals surface area contributed by atoms with Crippen LogP contribution in [0.3, 0.4) is 0 Å². The highest BCUT2D eigenvalue weighted by Crippen LogP contribution is 2.22. The van der Waals surface area contributed by atoms with E-state index >= 15 is 0 Å². The fourth-order valence-corrected chi connectivity index (χ4v) is 3.48. The molecule has 0 spiro atoms. The van der Waals surface area contributed by atoms with Gasteiger partial charge in [-0.3, -0.25) is 5.32 Å². The van der Waals surface area contributed by atoms with Crippen molar-refractivity contribution in [2.45, 2.75) is 39.2 Å². The second-order valence-electron chi connectivity index (χ2n) is 7.98. The number of pyridine rings is 2. The van der Waals surface area contributed by atoms with E-state index in [1.165, 1.54) is 5.56 Å². The lowest BCUT2D eigenvalue weighted by atomic mass is 10.1. The van der Waals surface area contributed by atoms with Gasteiger partial charge in [-0.25, -0.2) is 19.8 Å². The Labute approximate surface area is 201 Å². The van der Waals surface area contributed by atoms with Crippen molar-refractivity contribution in [3.63, 3.8) is 0 Å². The number of aliphatic imine (C=N–C) groups is 1. The van der Waals surface area contributed by atoms with Crippen LogP contribution in [-0.4, -0.2) is 34.9 Å². The Morgan fingerprint density at radius 1 is 1.18 bits per heavy atom. The molecule has 0 aliphatic rings. The number of rotatable bonds is 10. The Kier molecular flexibility index (Phi) is 8.91. The predicted molar refractivity (Wildman–Crippen MR) is 137 cm³/mol. The van der Waals surface area contributed by atoms with Crippen LogP contribution in [0.5, 0.6) is 5.88 Å². The molecule has 1 atom stereocenters. The summed E-state index contributed by atoms with van der Waals surface area (Å²) in [6, 6.07) is 17.4. The molecule has 176 valence electrons. The quantitative estimate of drug-likeness (QED) is 0.386. The lowest BCUT2D eigenvalue weighted by Gasteiger charge is -2.15. The van der Waals surface area contributed by atoms with E-state index in [9.17, 15) is 4.79 Å². The third-order valence-electron chi connectivity index (χ3n) is 5.29. The summed E-state index contributed by atoms with van der Waals surface area (Å²) >= 11 is 0. The van der Waals surface area contributed by atoms with Gasteiger partial charge in [0, 0.05) is 12.2 Å². The average molecular weight is 458 g/mol. The zero-order chi connectivity index (χ0) is 24.3. The maximum atomic E-state index is 12.5. The van der Waals surface area contributed by atoms with E-state index in [1.54, 1.807) is 31.5 Å². The van der Waals surface area contributed by atoms with Crippen LogP contribution in [0.4, 0.5) is 16.4 Å². The predicted octanol–water partition coefficient (Wildman–Crippen LogP) is 5.63. The molecule has 2 amide bonds. The lowest BCUT2D eigenvalue weighted by molar-refractivity contribution is 0.248. The number of nitrogens with zero attached hydrogens (tertiary/aromatic N) is 3. The fraction of sp³-hybridized carbons (Fsp3) is 0.259. The first-order valence-corrected chi connectivity index (χ1v) is 11.3. The van der Waals surface area contributed by atoms with Crippen molar-refractivity contribution in [3.8, 4) is 5.88 Å². The number of amides is 2. The first-order chi connectivity index (χ1) is 16.5. The largest absolute Gasteiger partial charge is 0.481 e. The summed E-state index contributed by atoms with van der Waals surface area (Å²) in [5.74, 6) is 1.35. The monoisotopic (exact) mass is 457 g/mol. The molecule has 0 saturated carbocycles. The summed E-state index contributed by atoms with van der Waals surface area (Å²) in [5, 5.41) is 5.78. The third kappa shape index (κ3) is 7.00. The minimum absolute atomic E-state index is 0.0389. The Balaban J connectivity index is 1.63. The van der Waals surface area contributed by atoms with Gasteiger partial charge in [0.1, 0.15) is 5.82 Å². The van der Waals surface area contributed by atoms with E-state index in [-0.39, 0.29) is 12.1 Å². The Bertz CT molecular complexity index is 1140. The van der Waals surface area contributed by atoms with Crippen molar-refractivity contribution in [2.75, 3.05) is 12.4 Å². The number of hydrogen-bond acceptors (Lipinski definition) is 5. The molecule has 1 aromatic carbocycles. The standard InChI is InChI=1S/C27H31N5O2/c1-5-23(22-15-10-18-28-26(22)34-4)30-25-19(2)16-17-24(31-25)32-27(33)29-20(3)11-9-14-21-12-7-6-8-13-21/h5-8,10,12-13,15-18,20H,1,9,11,14H2,2-4H3,(H2,29,31,32,33). The number of carbonyl (C=O) groups is 1. The summed E-state index contributed by atoms with van der Waals surface area (Å²) in [6.45, 7) is 7.77. The number of methoxy groups -OCH3 is 1. The van der Waals surface area contributed by atoms with Crippen LogP contribution in [0.2, 0.25) is 0 Å². The number of aryl methyl sites for hydroxylation is 2. The number of urea groups is 1. The number of nitrogens with one attached hydrogen (secondary N) is 2. The van der Waals surface area contributed by atoms with Crippen LogP contribution in [0.15, 0.2) is 78.4 Å². The molecule has 1 unspecified atom stereocenters. The second kappa shape index (κ2) is 12.3. The van der Waals surface area contributed by atoms with Gasteiger partial charge in [-0.2, -0.15) is 0 Å². The van der Waals surface area contributed by atoms with Crippen LogP contribution in [0.1, 0.15) is 36.5 Å². The number of hydrogen-bond donors (Lipinski definition) is 2. The highest BCUT2D eigenvalue weighted by Gasteiger charge is 2.12. The Morgan fingerprint density at radius 3 is 2.71 bits per heavy atom. The number of anilines is 1. The van der Waals surface area contributed by atoms with Crippen molar-refractivity contribution in [1.82, 2.24) is 15.3 Å². The number of allylic oxidation sites excluding steroid dienone is 1. The molecular weight excluding hydrogens is 426 g/mol. The first-order valence-electron chi connectivity index (χ1n) is 11.3. The van der Waals surface area contributed by atoms with Gasteiger partial charge in [-0.1, -0.05) is 43.0 Å². The molecule has 3 rings (SSSR count). The van der Waals surface area contributed by atoms with Crippen molar-refractivity contribution in [1.29, 1.82) is 0 Å². The molecule has 2 N–H and O–H groups in total. The van der Waals surface area contributed by atoms with Gasteiger partial charge < -0.3 is 10.1 Å². The molecular formula is C27H31N5O2. The third-order valence-corrected chi connectivity index (χ3v) is 5.29.